The molecule has 0 fully saturated rings. The van der Waals surface area contributed by atoms with Gasteiger partial charge in [-0.3, -0.25) is 28.8 Å². The van der Waals surface area contributed by atoms with Gasteiger partial charge in [0.05, 0.1) is 34.4 Å². The Morgan fingerprint density at radius 2 is 1.49 bits per heavy atom. The lowest BCUT2D eigenvalue weighted by Crippen LogP contribution is -2.55. The van der Waals surface area contributed by atoms with Crippen LogP contribution < -0.4 is 37.9 Å². The first kappa shape index (κ1) is 38.4. The summed E-state index contributed by atoms with van der Waals surface area (Å²) < 4.78 is 1.94. The summed E-state index contributed by atoms with van der Waals surface area (Å²) in [4.78, 5) is 88.2. The number of carbonyl (C=O) groups is 6. The van der Waals surface area contributed by atoms with Crippen molar-refractivity contribution in [1.82, 2.24) is 30.5 Å². The first-order valence-electron chi connectivity index (χ1n) is 15.9. The van der Waals surface area contributed by atoms with Crippen LogP contribution in [0.5, 0.6) is 0 Å². The summed E-state index contributed by atoms with van der Waals surface area (Å²) in [7, 11) is 0. The Labute approximate surface area is 287 Å². The third kappa shape index (κ3) is 11.2. The first-order valence-corrected chi connectivity index (χ1v) is 16.7. The molecule has 264 valence electrons. The molecular weight excluding hydrogens is 654 g/mol. The van der Waals surface area contributed by atoms with Crippen molar-refractivity contribution >= 4 is 57.1 Å². The number of hydrogen-bond acceptors (Lipinski definition) is 9. The van der Waals surface area contributed by atoms with Gasteiger partial charge >= 0.3 is 5.97 Å². The van der Waals surface area contributed by atoms with Crippen LogP contribution in [-0.4, -0.2) is 82.3 Å². The summed E-state index contributed by atoms with van der Waals surface area (Å²) in [5.74, 6) is -4.49. The largest absolute Gasteiger partial charge is 0.480 e. The van der Waals surface area contributed by atoms with Crippen LogP contribution in [0.1, 0.15) is 56.8 Å². The van der Waals surface area contributed by atoms with Crippen molar-refractivity contribution in [3.05, 3.63) is 64.4 Å². The molecule has 3 atom stereocenters. The molecule has 0 saturated heterocycles. The van der Waals surface area contributed by atoms with E-state index in [-0.39, 0.29) is 29.9 Å². The maximum atomic E-state index is 13.0. The number of carboxylic acid groups (broad SMARTS) is 1. The Morgan fingerprint density at radius 3 is 2.14 bits per heavy atom. The second-order valence-electron chi connectivity index (χ2n) is 11.8. The molecular formula is C33H43N7O8S. The molecule has 0 aliphatic heterocycles. The van der Waals surface area contributed by atoms with Gasteiger partial charge in [-0.1, -0.05) is 38.1 Å². The molecule has 0 saturated carbocycles. The van der Waals surface area contributed by atoms with Crippen molar-refractivity contribution in [3.8, 4) is 5.69 Å². The normalized spacial score (nSPS) is 12.8. The van der Waals surface area contributed by atoms with Gasteiger partial charge in [0, 0.05) is 0 Å². The van der Waals surface area contributed by atoms with Gasteiger partial charge in [-0.15, -0.1) is 0 Å². The van der Waals surface area contributed by atoms with Crippen LogP contribution in [0.3, 0.4) is 0 Å². The summed E-state index contributed by atoms with van der Waals surface area (Å²) in [6.07, 6.45) is 1.49. The molecule has 15 nitrogen and oxygen atoms in total. The van der Waals surface area contributed by atoms with Crippen LogP contribution in [0.25, 0.3) is 15.8 Å². The molecule has 1 aromatic heterocycles. The van der Waals surface area contributed by atoms with Crippen LogP contribution in [-0.2, 0) is 24.0 Å². The Morgan fingerprint density at radius 1 is 0.816 bits per heavy atom. The van der Waals surface area contributed by atoms with Crippen LogP contribution in [0.15, 0.2) is 53.3 Å². The van der Waals surface area contributed by atoms with Crippen molar-refractivity contribution < 1.29 is 33.9 Å². The Bertz CT molecular complexity index is 1710. The fourth-order valence-electron chi connectivity index (χ4n) is 4.84. The number of rotatable bonds is 18. The molecule has 16 heteroatoms. The van der Waals surface area contributed by atoms with E-state index in [1.807, 2.05) is 19.9 Å². The Hall–Kier alpha value is -5.09. The van der Waals surface area contributed by atoms with Gasteiger partial charge in [-0.25, -0.2) is 8.75 Å². The van der Waals surface area contributed by atoms with Gasteiger partial charge in [0.25, 0.3) is 11.5 Å². The van der Waals surface area contributed by atoms with Gasteiger partial charge in [0.15, 0.2) is 0 Å². The summed E-state index contributed by atoms with van der Waals surface area (Å²) in [5.41, 5.74) is 6.15. The number of aromatic nitrogens is 1. The van der Waals surface area contributed by atoms with E-state index in [0.29, 0.717) is 35.2 Å². The minimum atomic E-state index is -1.19. The SMILES string of the molecule is CC(C)C[C@@H](NC(=O)[C@@H](CCCCN)NC(=O)[C@@H](C)NC(=O)CNC(=O)CNC(=O)c1cccc2c(=O)n(-c3ccccc3)sc12)C(=O)O. The number of fused-ring (bicyclic) bond motifs is 1. The van der Waals surface area contributed by atoms with E-state index in [1.165, 1.54) is 10.9 Å². The molecule has 0 bridgehead atoms. The number of amides is 5. The van der Waals surface area contributed by atoms with Crippen LogP contribution >= 0.6 is 11.5 Å². The van der Waals surface area contributed by atoms with E-state index < -0.39 is 66.7 Å². The molecule has 0 aliphatic rings. The summed E-state index contributed by atoms with van der Waals surface area (Å²) in [5, 5.41) is 22.2. The highest BCUT2D eigenvalue weighted by atomic mass is 32.1. The van der Waals surface area contributed by atoms with E-state index >= 15 is 0 Å². The second kappa shape index (κ2) is 18.5. The summed E-state index contributed by atoms with van der Waals surface area (Å²) >= 11 is 1.11. The third-order valence-corrected chi connectivity index (χ3v) is 8.56. The number of hydrogen-bond donors (Lipinski definition) is 7. The van der Waals surface area contributed by atoms with Crippen molar-refractivity contribution in [2.75, 3.05) is 19.6 Å². The highest BCUT2D eigenvalue weighted by Gasteiger charge is 2.28. The van der Waals surface area contributed by atoms with Crippen LogP contribution in [0.2, 0.25) is 0 Å². The average Bonchev–Trinajstić information content (AvgIpc) is 3.41. The number of nitrogens with zero attached hydrogens (tertiary/aromatic N) is 1. The van der Waals surface area contributed by atoms with Gasteiger partial charge in [-0.2, -0.15) is 0 Å². The maximum absolute atomic E-state index is 13.0. The van der Waals surface area contributed by atoms with Crippen molar-refractivity contribution in [2.24, 2.45) is 11.7 Å². The highest BCUT2D eigenvalue weighted by molar-refractivity contribution is 7.14. The molecule has 1 heterocycles. The number of para-hydroxylation sites is 1. The van der Waals surface area contributed by atoms with Gasteiger partial charge in [-0.05, 0) is 80.9 Å². The zero-order valence-electron chi connectivity index (χ0n) is 27.6. The van der Waals surface area contributed by atoms with Crippen molar-refractivity contribution in [1.29, 1.82) is 0 Å². The standard InChI is InChI=1S/C33H43N7O8S/c1-19(2)16-25(33(47)48)39-31(45)24(14-7-8-15-34)38-29(43)20(3)37-27(42)18-35-26(41)17-36-30(44)22-12-9-13-23-28(22)49-40(32(23)46)21-10-5-4-6-11-21/h4-6,9-13,19-20,24-25H,7-8,14-18,34H2,1-3H3,(H,35,41)(H,36,44)(H,37,42)(H,38,43)(H,39,45)(H,47,48)/t20-,24-,25-/m1/s1. The second-order valence-corrected chi connectivity index (χ2v) is 12.8. The number of unbranched alkanes of at least 4 members (excludes halogenated alkanes) is 1. The monoisotopic (exact) mass is 697 g/mol. The van der Waals surface area contributed by atoms with E-state index in [4.69, 9.17) is 5.73 Å². The van der Waals surface area contributed by atoms with Gasteiger partial charge in [0.2, 0.25) is 23.6 Å². The summed E-state index contributed by atoms with van der Waals surface area (Å²) in [6, 6.07) is 10.4. The molecule has 3 rings (SSSR count). The van der Waals surface area contributed by atoms with E-state index in [2.05, 4.69) is 26.6 Å². The predicted octanol–water partition coefficient (Wildman–Crippen LogP) is 0.632. The predicted molar refractivity (Wildman–Crippen MR) is 184 cm³/mol. The fourth-order valence-corrected chi connectivity index (χ4v) is 5.94. The third-order valence-electron chi connectivity index (χ3n) is 7.38. The quantitative estimate of drug-likeness (QED) is 0.0923. The minimum Gasteiger partial charge on any atom is -0.480 e. The van der Waals surface area contributed by atoms with Crippen LogP contribution in [0.4, 0.5) is 0 Å². The first-order chi connectivity index (χ1) is 23.3. The highest BCUT2D eigenvalue weighted by Crippen LogP contribution is 2.24. The van der Waals surface area contributed by atoms with Gasteiger partial charge < -0.3 is 37.4 Å². The zero-order chi connectivity index (χ0) is 36.1. The van der Waals surface area contributed by atoms with Crippen molar-refractivity contribution in [3.63, 3.8) is 0 Å². The molecule has 0 aliphatic carbocycles. The molecule has 2 aromatic carbocycles. The number of nitrogens with one attached hydrogen (secondary N) is 5. The maximum Gasteiger partial charge on any atom is 0.326 e. The number of nitrogens with two attached hydrogens (primary N) is 1. The van der Waals surface area contributed by atoms with E-state index in [0.717, 1.165) is 11.5 Å². The Kier molecular flexibility index (Phi) is 14.4. The smallest absolute Gasteiger partial charge is 0.326 e. The van der Waals surface area contributed by atoms with Crippen molar-refractivity contribution in [2.45, 2.75) is 64.6 Å². The lowest BCUT2D eigenvalue weighted by Gasteiger charge is -2.24. The molecule has 8 N–H and O–H groups in total. The Balaban J connectivity index is 1.51. The lowest BCUT2D eigenvalue weighted by atomic mass is 10.0. The van der Waals surface area contributed by atoms with Gasteiger partial charge in [0.1, 0.15) is 18.1 Å². The number of aliphatic carboxylic acids is 1. The van der Waals surface area contributed by atoms with Crippen LogP contribution in [0, 0.1) is 5.92 Å². The molecule has 49 heavy (non-hydrogen) atoms. The number of carboxylic acids is 1. The number of benzene rings is 2. The van der Waals surface area contributed by atoms with E-state index in [9.17, 15) is 38.7 Å². The lowest BCUT2D eigenvalue weighted by molar-refractivity contribution is -0.142. The number of carbonyl (C=O) groups excluding carboxylic acids is 5. The van der Waals surface area contributed by atoms with E-state index in [1.54, 1.807) is 42.5 Å². The molecule has 5 amide bonds. The molecule has 0 spiro atoms. The molecule has 0 radical (unpaired) electrons. The zero-order valence-corrected chi connectivity index (χ0v) is 28.4. The molecule has 3 aromatic rings. The minimum absolute atomic E-state index is 0.000810. The molecule has 0 unspecified atom stereocenters. The topological polar surface area (TPSA) is 231 Å². The fraction of sp³-hybridized carbons (Fsp3) is 0.424. The average molecular weight is 698 g/mol. The summed E-state index contributed by atoms with van der Waals surface area (Å²) in [6.45, 7) is 4.45.